The van der Waals surface area contributed by atoms with Crippen LogP contribution in [0.15, 0.2) is 15.8 Å². The zero-order chi connectivity index (χ0) is 11.7. The summed E-state index contributed by atoms with van der Waals surface area (Å²) in [6.07, 6.45) is 1.39. The summed E-state index contributed by atoms with van der Waals surface area (Å²) in [5.74, 6) is 0.485. The highest BCUT2D eigenvalue weighted by Crippen LogP contribution is 2.01. The quantitative estimate of drug-likeness (QED) is 0.567. The summed E-state index contributed by atoms with van der Waals surface area (Å²) >= 11 is 8.26. The fourth-order valence-corrected chi connectivity index (χ4v) is 1.67. The first-order valence-corrected chi connectivity index (χ1v) is 5.73. The van der Waals surface area contributed by atoms with Crippen LogP contribution in [0.3, 0.4) is 0 Å². The van der Waals surface area contributed by atoms with Gasteiger partial charge < -0.3 is 0 Å². The van der Waals surface area contributed by atoms with Gasteiger partial charge in [-0.25, -0.2) is 4.79 Å². The van der Waals surface area contributed by atoms with Crippen molar-refractivity contribution < 1.29 is 0 Å². The maximum Gasteiger partial charge on any atom is 0.330 e. The molecule has 0 amide bonds. The highest BCUT2D eigenvalue weighted by molar-refractivity contribution is 7.84. The molecule has 0 aromatic carbocycles. The largest absolute Gasteiger partial charge is 0.330 e. The van der Waals surface area contributed by atoms with Crippen LogP contribution in [0.4, 0.5) is 0 Å². The number of hydrogen-bond donors (Lipinski definition) is 4. The summed E-state index contributed by atoms with van der Waals surface area (Å²) < 4.78 is 1.10. The molecule has 2 aromatic heterocycles. The van der Waals surface area contributed by atoms with Crippen molar-refractivity contribution in [1.82, 2.24) is 19.7 Å². The molecular weight excluding hydrogens is 248 g/mol. The third-order valence-electron chi connectivity index (χ3n) is 2.20. The Balaban J connectivity index is 2.60. The first kappa shape index (κ1) is 11.3. The molecule has 2 heterocycles. The van der Waals surface area contributed by atoms with Crippen LogP contribution in [0, 0.1) is 0 Å². The maximum atomic E-state index is 11.9. The zero-order valence-corrected chi connectivity index (χ0v) is 9.96. The van der Waals surface area contributed by atoms with Crippen LogP contribution in [-0.4, -0.2) is 30.8 Å². The van der Waals surface area contributed by atoms with E-state index in [1.807, 2.05) is 0 Å². The minimum absolute atomic E-state index is 0.147. The van der Waals surface area contributed by atoms with Gasteiger partial charge in [-0.1, -0.05) is 0 Å². The van der Waals surface area contributed by atoms with Gasteiger partial charge in [-0.2, -0.15) is 30.4 Å². The summed E-state index contributed by atoms with van der Waals surface area (Å²) in [5.41, 5.74) is -0.497. The molecule has 0 aliphatic rings. The Kier molecular flexibility index (Phi) is 3.10. The van der Waals surface area contributed by atoms with Crippen LogP contribution in [0.1, 0.15) is 0 Å². The molecule has 8 heteroatoms. The second-order valence-corrected chi connectivity index (χ2v) is 4.44. The molecule has 0 unspecified atom stereocenters. The molecule has 0 saturated carbocycles. The minimum Gasteiger partial charge on any atom is -0.292 e. The molecule has 86 valence electrons. The Morgan fingerprint density at radius 1 is 1.50 bits per heavy atom. The van der Waals surface area contributed by atoms with E-state index in [4.69, 9.17) is 0 Å². The van der Waals surface area contributed by atoms with Gasteiger partial charge >= 0.3 is 5.69 Å². The van der Waals surface area contributed by atoms with Gasteiger partial charge in [0.25, 0.3) is 5.56 Å². The van der Waals surface area contributed by atoms with E-state index in [1.165, 1.54) is 6.20 Å². The SMILES string of the molecule is O=c1[nH]c2[nH]ncc2c(=O)n1C[C@@H](S)CS. The van der Waals surface area contributed by atoms with E-state index in [0.717, 1.165) is 4.57 Å². The van der Waals surface area contributed by atoms with Gasteiger partial charge in [0.1, 0.15) is 11.0 Å². The van der Waals surface area contributed by atoms with Gasteiger partial charge in [0.05, 0.1) is 6.20 Å². The molecule has 2 rings (SSSR count). The topological polar surface area (TPSA) is 83.5 Å². The number of rotatable bonds is 3. The number of hydrogen-bond acceptors (Lipinski definition) is 5. The summed E-state index contributed by atoms with van der Waals surface area (Å²) in [5, 5.41) is 6.46. The predicted molar refractivity (Wildman–Crippen MR) is 67.6 cm³/mol. The van der Waals surface area contributed by atoms with Crippen molar-refractivity contribution in [2.75, 3.05) is 5.75 Å². The monoisotopic (exact) mass is 258 g/mol. The average Bonchev–Trinajstić information content (AvgIpc) is 2.71. The summed E-state index contributed by atoms with van der Waals surface area (Å²) in [7, 11) is 0. The van der Waals surface area contributed by atoms with Crippen molar-refractivity contribution in [3.05, 3.63) is 27.0 Å². The van der Waals surface area contributed by atoms with Gasteiger partial charge in [0.15, 0.2) is 0 Å². The van der Waals surface area contributed by atoms with E-state index in [-0.39, 0.29) is 17.4 Å². The molecule has 0 spiro atoms. The van der Waals surface area contributed by atoms with E-state index in [1.54, 1.807) is 0 Å². The summed E-state index contributed by atoms with van der Waals surface area (Å²) in [6.45, 7) is 0.224. The van der Waals surface area contributed by atoms with Crippen molar-refractivity contribution >= 4 is 36.3 Å². The van der Waals surface area contributed by atoms with Crippen LogP contribution in [-0.2, 0) is 6.54 Å². The highest BCUT2D eigenvalue weighted by Gasteiger charge is 2.11. The lowest BCUT2D eigenvalue weighted by Gasteiger charge is -2.08. The number of aromatic nitrogens is 4. The molecule has 2 aromatic rings. The van der Waals surface area contributed by atoms with Crippen molar-refractivity contribution in [2.45, 2.75) is 11.8 Å². The molecule has 16 heavy (non-hydrogen) atoms. The molecule has 0 radical (unpaired) electrons. The second kappa shape index (κ2) is 4.38. The van der Waals surface area contributed by atoms with Crippen LogP contribution in [0.25, 0.3) is 11.0 Å². The fraction of sp³-hybridized carbons (Fsp3) is 0.375. The third-order valence-corrected chi connectivity index (χ3v) is 3.27. The fourth-order valence-electron chi connectivity index (χ4n) is 1.39. The van der Waals surface area contributed by atoms with Crippen LogP contribution >= 0.6 is 25.3 Å². The molecule has 0 aliphatic carbocycles. The molecule has 0 aliphatic heterocycles. The number of aromatic amines is 2. The average molecular weight is 258 g/mol. The number of fused-ring (bicyclic) bond motifs is 1. The molecule has 0 bridgehead atoms. The maximum absolute atomic E-state index is 11.9. The van der Waals surface area contributed by atoms with Crippen molar-refractivity contribution in [2.24, 2.45) is 0 Å². The van der Waals surface area contributed by atoms with E-state index in [0.29, 0.717) is 16.8 Å². The normalized spacial score (nSPS) is 13.1. The standard InChI is InChI=1S/C8H10N4O2S2/c13-7-5-1-9-11-6(5)10-8(14)12(7)2-4(16)3-15/h1,4,15-16H,2-3H2,(H2,9,10,11,14)/t4-/m1/s1. The Labute approximate surface area is 101 Å². The Hall–Kier alpha value is -1.15. The Morgan fingerprint density at radius 2 is 2.25 bits per heavy atom. The van der Waals surface area contributed by atoms with E-state index >= 15 is 0 Å². The van der Waals surface area contributed by atoms with E-state index < -0.39 is 5.69 Å². The van der Waals surface area contributed by atoms with E-state index in [9.17, 15) is 9.59 Å². The van der Waals surface area contributed by atoms with Gasteiger partial charge in [0, 0.05) is 17.5 Å². The van der Waals surface area contributed by atoms with Crippen molar-refractivity contribution in [1.29, 1.82) is 0 Å². The van der Waals surface area contributed by atoms with Gasteiger partial charge in [-0.15, -0.1) is 0 Å². The number of H-pyrrole nitrogens is 2. The molecule has 6 nitrogen and oxygen atoms in total. The number of nitrogens with zero attached hydrogens (tertiary/aromatic N) is 2. The van der Waals surface area contributed by atoms with E-state index in [2.05, 4.69) is 40.4 Å². The Morgan fingerprint density at radius 3 is 2.94 bits per heavy atom. The van der Waals surface area contributed by atoms with Gasteiger partial charge in [-0.05, 0) is 0 Å². The third kappa shape index (κ3) is 1.90. The predicted octanol–water partition coefficient (Wildman–Crippen LogP) is -0.359. The second-order valence-electron chi connectivity index (χ2n) is 3.34. The van der Waals surface area contributed by atoms with Gasteiger partial charge in [-0.3, -0.25) is 19.4 Å². The molecule has 2 N–H and O–H groups in total. The van der Waals surface area contributed by atoms with Crippen LogP contribution in [0.2, 0.25) is 0 Å². The number of thiol groups is 2. The number of nitrogens with one attached hydrogen (secondary N) is 2. The molecule has 1 atom stereocenters. The lowest BCUT2D eigenvalue weighted by Crippen LogP contribution is -2.37. The summed E-state index contributed by atoms with van der Waals surface area (Å²) in [4.78, 5) is 26.0. The lowest BCUT2D eigenvalue weighted by molar-refractivity contribution is 0.639. The van der Waals surface area contributed by atoms with Crippen molar-refractivity contribution in [3.8, 4) is 0 Å². The van der Waals surface area contributed by atoms with Crippen molar-refractivity contribution in [3.63, 3.8) is 0 Å². The van der Waals surface area contributed by atoms with Gasteiger partial charge in [0.2, 0.25) is 0 Å². The highest BCUT2D eigenvalue weighted by atomic mass is 32.1. The zero-order valence-electron chi connectivity index (χ0n) is 8.17. The summed E-state index contributed by atoms with van der Waals surface area (Å²) in [6, 6.07) is 0. The molecular formula is C8H10N4O2S2. The molecule has 0 fully saturated rings. The Bertz CT molecular complexity index is 614. The smallest absolute Gasteiger partial charge is 0.292 e. The first-order valence-electron chi connectivity index (χ1n) is 4.58. The lowest BCUT2D eigenvalue weighted by atomic mass is 10.4. The molecule has 0 saturated heterocycles. The first-order chi connectivity index (χ1) is 7.63. The minimum atomic E-state index is -0.470. The van der Waals surface area contributed by atoms with Crippen LogP contribution < -0.4 is 11.2 Å². The van der Waals surface area contributed by atoms with Crippen LogP contribution in [0.5, 0.6) is 0 Å².